The maximum Gasteiger partial charge on any atom is 0.326 e. The molecule has 0 radical (unpaired) electrons. The molecule has 0 spiro atoms. The standard InChI is InChI=1S/C8H16N2O4/c1-5(2)6(7(11)12)10-8(13)9-4-14-3/h5-6H,4H2,1-3H3,(H,11,12)(H2,9,10,13). The topological polar surface area (TPSA) is 87.7 Å². The van der Waals surface area contributed by atoms with Crippen molar-refractivity contribution in [3.05, 3.63) is 0 Å². The van der Waals surface area contributed by atoms with E-state index in [9.17, 15) is 9.59 Å². The summed E-state index contributed by atoms with van der Waals surface area (Å²) in [6.45, 7) is 3.49. The van der Waals surface area contributed by atoms with Gasteiger partial charge in [0, 0.05) is 7.11 Å². The van der Waals surface area contributed by atoms with Gasteiger partial charge in [-0.15, -0.1) is 0 Å². The van der Waals surface area contributed by atoms with Gasteiger partial charge in [0.05, 0.1) is 0 Å². The number of hydrogen-bond acceptors (Lipinski definition) is 3. The van der Waals surface area contributed by atoms with Gasteiger partial charge in [-0.1, -0.05) is 13.8 Å². The molecule has 0 aromatic rings. The number of hydrogen-bond donors (Lipinski definition) is 3. The first-order chi connectivity index (χ1) is 6.49. The lowest BCUT2D eigenvalue weighted by Crippen LogP contribution is -2.48. The van der Waals surface area contributed by atoms with Gasteiger partial charge in [0.15, 0.2) is 0 Å². The quantitative estimate of drug-likeness (QED) is 0.550. The summed E-state index contributed by atoms with van der Waals surface area (Å²) in [6.07, 6.45) is 0. The Labute approximate surface area is 82.6 Å². The van der Waals surface area contributed by atoms with Crippen molar-refractivity contribution in [3.8, 4) is 0 Å². The van der Waals surface area contributed by atoms with Gasteiger partial charge in [0.1, 0.15) is 12.8 Å². The fourth-order valence-electron chi connectivity index (χ4n) is 0.844. The van der Waals surface area contributed by atoms with Crippen molar-refractivity contribution in [1.82, 2.24) is 10.6 Å². The van der Waals surface area contributed by atoms with E-state index >= 15 is 0 Å². The van der Waals surface area contributed by atoms with Gasteiger partial charge in [-0.25, -0.2) is 9.59 Å². The lowest BCUT2D eigenvalue weighted by molar-refractivity contribution is -0.140. The Balaban J connectivity index is 4.04. The van der Waals surface area contributed by atoms with Gasteiger partial charge in [-0.05, 0) is 5.92 Å². The number of carboxylic acid groups (broad SMARTS) is 1. The molecule has 82 valence electrons. The molecule has 6 nitrogen and oxygen atoms in total. The van der Waals surface area contributed by atoms with Crippen molar-refractivity contribution in [3.63, 3.8) is 0 Å². The molecule has 0 aromatic carbocycles. The zero-order valence-electron chi connectivity index (χ0n) is 8.53. The third kappa shape index (κ3) is 4.66. The lowest BCUT2D eigenvalue weighted by Gasteiger charge is -2.17. The molecule has 0 saturated carbocycles. The number of rotatable bonds is 5. The number of aliphatic carboxylic acids is 1. The van der Waals surface area contributed by atoms with Crippen LogP contribution in [0.3, 0.4) is 0 Å². The maximum absolute atomic E-state index is 11.1. The Morgan fingerprint density at radius 3 is 2.36 bits per heavy atom. The van der Waals surface area contributed by atoms with E-state index in [2.05, 4.69) is 15.4 Å². The van der Waals surface area contributed by atoms with E-state index < -0.39 is 18.0 Å². The maximum atomic E-state index is 11.1. The van der Waals surface area contributed by atoms with E-state index in [0.29, 0.717) is 0 Å². The van der Waals surface area contributed by atoms with Gasteiger partial charge in [0.2, 0.25) is 0 Å². The summed E-state index contributed by atoms with van der Waals surface area (Å²) in [5.74, 6) is -1.21. The van der Waals surface area contributed by atoms with E-state index in [1.54, 1.807) is 13.8 Å². The number of urea groups is 1. The van der Waals surface area contributed by atoms with E-state index in [1.807, 2.05) is 0 Å². The average Bonchev–Trinajstić information content (AvgIpc) is 2.09. The number of carbonyl (C=O) groups excluding carboxylic acids is 1. The van der Waals surface area contributed by atoms with Crippen molar-refractivity contribution < 1.29 is 19.4 Å². The molecular weight excluding hydrogens is 188 g/mol. The van der Waals surface area contributed by atoms with Crippen LogP contribution in [0.25, 0.3) is 0 Å². The summed E-state index contributed by atoms with van der Waals surface area (Å²) in [5.41, 5.74) is 0. The number of carbonyl (C=O) groups is 2. The molecule has 6 heteroatoms. The smallest absolute Gasteiger partial charge is 0.326 e. The number of amides is 2. The molecule has 0 rings (SSSR count). The number of methoxy groups -OCH3 is 1. The summed E-state index contributed by atoms with van der Waals surface area (Å²) in [5, 5.41) is 13.4. The highest BCUT2D eigenvalue weighted by Crippen LogP contribution is 2.00. The van der Waals surface area contributed by atoms with Crippen molar-refractivity contribution in [1.29, 1.82) is 0 Å². The van der Waals surface area contributed by atoms with E-state index in [0.717, 1.165) is 0 Å². The summed E-state index contributed by atoms with van der Waals surface area (Å²) in [7, 11) is 1.43. The first-order valence-electron chi connectivity index (χ1n) is 4.25. The molecule has 1 atom stereocenters. The molecule has 0 aromatic heterocycles. The summed E-state index contributed by atoms with van der Waals surface area (Å²) in [4.78, 5) is 21.7. The van der Waals surface area contributed by atoms with Crippen LogP contribution in [0.4, 0.5) is 4.79 Å². The van der Waals surface area contributed by atoms with Crippen LogP contribution in [0, 0.1) is 5.92 Å². The molecule has 1 unspecified atom stereocenters. The van der Waals surface area contributed by atoms with Crippen molar-refractivity contribution in [2.75, 3.05) is 13.8 Å². The Morgan fingerprint density at radius 1 is 1.43 bits per heavy atom. The summed E-state index contributed by atoms with van der Waals surface area (Å²) >= 11 is 0. The summed E-state index contributed by atoms with van der Waals surface area (Å²) < 4.78 is 4.60. The molecule has 3 N–H and O–H groups in total. The number of ether oxygens (including phenoxy) is 1. The minimum absolute atomic E-state index is 0.0519. The minimum Gasteiger partial charge on any atom is -0.480 e. The molecule has 0 fully saturated rings. The minimum atomic E-state index is -1.05. The first-order valence-corrected chi connectivity index (χ1v) is 4.25. The van der Waals surface area contributed by atoms with Gasteiger partial charge in [-0.3, -0.25) is 0 Å². The van der Waals surface area contributed by atoms with E-state index in [1.165, 1.54) is 7.11 Å². The van der Waals surface area contributed by atoms with Crippen LogP contribution >= 0.6 is 0 Å². The normalized spacial score (nSPS) is 12.3. The van der Waals surface area contributed by atoms with Crippen LogP contribution in [-0.4, -0.2) is 37.0 Å². The average molecular weight is 204 g/mol. The van der Waals surface area contributed by atoms with Gasteiger partial charge < -0.3 is 20.5 Å². The second kappa shape index (κ2) is 6.20. The van der Waals surface area contributed by atoms with Crippen molar-refractivity contribution in [2.45, 2.75) is 19.9 Å². The number of carboxylic acids is 1. The highest BCUT2D eigenvalue weighted by atomic mass is 16.5. The molecule has 0 saturated heterocycles. The highest BCUT2D eigenvalue weighted by Gasteiger charge is 2.22. The molecule has 0 aliphatic carbocycles. The highest BCUT2D eigenvalue weighted by molar-refractivity contribution is 5.82. The van der Waals surface area contributed by atoms with Gasteiger partial charge in [-0.2, -0.15) is 0 Å². The van der Waals surface area contributed by atoms with Gasteiger partial charge in [0.25, 0.3) is 0 Å². The predicted molar refractivity (Wildman–Crippen MR) is 49.8 cm³/mol. The van der Waals surface area contributed by atoms with Crippen molar-refractivity contribution >= 4 is 12.0 Å². The SMILES string of the molecule is COCNC(=O)NC(C(=O)O)C(C)C. The Bertz CT molecular complexity index is 206. The van der Waals surface area contributed by atoms with Crippen LogP contribution in [-0.2, 0) is 9.53 Å². The largest absolute Gasteiger partial charge is 0.480 e. The Hall–Kier alpha value is -1.30. The fourth-order valence-corrected chi connectivity index (χ4v) is 0.844. The molecule has 0 aliphatic heterocycles. The third-order valence-electron chi connectivity index (χ3n) is 1.60. The van der Waals surface area contributed by atoms with Crippen LogP contribution < -0.4 is 10.6 Å². The monoisotopic (exact) mass is 204 g/mol. The summed E-state index contributed by atoms with van der Waals surface area (Å²) in [6, 6.07) is -1.43. The Kier molecular flexibility index (Phi) is 5.62. The van der Waals surface area contributed by atoms with Gasteiger partial charge >= 0.3 is 12.0 Å². The van der Waals surface area contributed by atoms with Crippen LogP contribution in [0.5, 0.6) is 0 Å². The second-order valence-corrected chi connectivity index (χ2v) is 3.14. The molecule has 14 heavy (non-hydrogen) atoms. The molecular formula is C8H16N2O4. The van der Waals surface area contributed by atoms with E-state index in [-0.39, 0.29) is 12.6 Å². The Morgan fingerprint density at radius 2 is 2.00 bits per heavy atom. The zero-order chi connectivity index (χ0) is 11.1. The third-order valence-corrected chi connectivity index (χ3v) is 1.60. The molecule has 0 bridgehead atoms. The lowest BCUT2D eigenvalue weighted by atomic mass is 10.1. The van der Waals surface area contributed by atoms with Crippen molar-refractivity contribution in [2.24, 2.45) is 5.92 Å². The van der Waals surface area contributed by atoms with Crippen LogP contribution in [0.15, 0.2) is 0 Å². The van der Waals surface area contributed by atoms with Crippen LogP contribution in [0.1, 0.15) is 13.8 Å². The predicted octanol–water partition coefficient (Wildman–Crippen LogP) is -0.00130. The molecule has 0 aliphatic rings. The first kappa shape index (κ1) is 12.7. The molecule has 0 heterocycles. The number of nitrogens with one attached hydrogen (secondary N) is 2. The van der Waals surface area contributed by atoms with Crippen LogP contribution in [0.2, 0.25) is 0 Å². The zero-order valence-corrected chi connectivity index (χ0v) is 8.53. The second-order valence-electron chi connectivity index (χ2n) is 3.14. The fraction of sp³-hybridized carbons (Fsp3) is 0.750. The molecule has 2 amide bonds. The van der Waals surface area contributed by atoms with E-state index in [4.69, 9.17) is 5.11 Å².